The van der Waals surface area contributed by atoms with Crippen LogP contribution < -0.4 is 10.6 Å². The molecule has 0 aliphatic heterocycles. The molecule has 0 spiro atoms. The number of hydrogen-bond donors (Lipinski definition) is 2. The zero-order chi connectivity index (χ0) is 14.6. The molecule has 0 aliphatic carbocycles. The van der Waals surface area contributed by atoms with Crippen molar-refractivity contribution in [3.05, 3.63) is 23.3 Å². The highest BCUT2D eigenvalue weighted by molar-refractivity contribution is 5.99. The van der Waals surface area contributed by atoms with Gasteiger partial charge in [-0.15, -0.1) is 0 Å². The molecule has 0 aromatic heterocycles. The van der Waals surface area contributed by atoms with E-state index in [-0.39, 0.29) is 17.4 Å². The van der Waals surface area contributed by atoms with Gasteiger partial charge >= 0.3 is 5.97 Å². The third-order valence-electron chi connectivity index (χ3n) is 2.45. The second-order valence-electron chi connectivity index (χ2n) is 4.05. The second-order valence-corrected chi connectivity index (χ2v) is 4.05. The molecule has 0 fully saturated rings. The quantitative estimate of drug-likeness (QED) is 0.814. The van der Waals surface area contributed by atoms with E-state index in [9.17, 15) is 14.4 Å². The van der Waals surface area contributed by atoms with Gasteiger partial charge in [0, 0.05) is 25.2 Å². The summed E-state index contributed by atoms with van der Waals surface area (Å²) in [5.41, 5.74) is 1.83. The van der Waals surface area contributed by atoms with Gasteiger partial charge < -0.3 is 15.4 Å². The molecule has 2 N–H and O–H groups in total. The summed E-state index contributed by atoms with van der Waals surface area (Å²) in [5.74, 6) is -1.07. The van der Waals surface area contributed by atoms with Crippen LogP contribution in [0.2, 0.25) is 0 Å². The molecule has 0 unspecified atom stereocenters. The van der Waals surface area contributed by atoms with Crippen LogP contribution in [0, 0.1) is 6.92 Å². The Balaban J connectivity index is 3.32. The predicted octanol–water partition coefficient (Wildman–Crippen LogP) is 1.70. The monoisotopic (exact) mass is 264 g/mol. The number of amides is 2. The lowest BCUT2D eigenvalue weighted by atomic mass is 10.1. The Bertz CT molecular complexity index is 500. The highest BCUT2D eigenvalue weighted by Crippen LogP contribution is 2.26. The van der Waals surface area contributed by atoms with Crippen molar-refractivity contribution in [2.75, 3.05) is 17.7 Å². The minimum absolute atomic E-state index is 0.251. The summed E-state index contributed by atoms with van der Waals surface area (Å²) in [5, 5.41) is 5.22. The van der Waals surface area contributed by atoms with Crippen molar-refractivity contribution in [1.29, 1.82) is 0 Å². The highest BCUT2D eigenvalue weighted by Gasteiger charge is 2.14. The zero-order valence-corrected chi connectivity index (χ0v) is 11.3. The van der Waals surface area contributed by atoms with Crippen LogP contribution in [0.25, 0.3) is 0 Å². The number of carbonyl (C=O) groups is 3. The van der Waals surface area contributed by atoms with Gasteiger partial charge in [-0.1, -0.05) is 0 Å². The maximum absolute atomic E-state index is 11.6. The van der Waals surface area contributed by atoms with Crippen LogP contribution >= 0.6 is 0 Å². The van der Waals surface area contributed by atoms with Gasteiger partial charge in [-0.2, -0.15) is 0 Å². The number of anilines is 2. The van der Waals surface area contributed by atoms with Crippen molar-refractivity contribution in [3.63, 3.8) is 0 Å². The van der Waals surface area contributed by atoms with Crippen LogP contribution in [0.4, 0.5) is 11.4 Å². The number of rotatable bonds is 3. The fourth-order valence-corrected chi connectivity index (χ4v) is 1.59. The Morgan fingerprint density at radius 2 is 1.42 bits per heavy atom. The lowest BCUT2D eigenvalue weighted by molar-refractivity contribution is -0.115. The smallest absolute Gasteiger partial charge is 0.337 e. The van der Waals surface area contributed by atoms with Crippen LogP contribution in [-0.4, -0.2) is 24.9 Å². The number of carbonyl (C=O) groups excluding carboxylic acids is 3. The SMILES string of the molecule is COC(=O)c1cc(NC(C)=O)c(C)c(NC(C)=O)c1. The summed E-state index contributed by atoms with van der Waals surface area (Å²) < 4.78 is 4.63. The third-order valence-corrected chi connectivity index (χ3v) is 2.45. The molecule has 102 valence electrons. The van der Waals surface area contributed by atoms with E-state index in [2.05, 4.69) is 15.4 Å². The van der Waals surface area contributed by atoms with E-state index in [0.29, 0.717) is 16.9 Å². The number of benzene rings is 1. The normalized spacial score (nSPS) is 9.68. The number of hydrogen-bond acceptors (Lipinski definition) is 4. The molecule has 6 heteroatoms. The van der Waals surface area contributed by atoms with Crippen molar-refractivity contribution in [2.45, 2.75) is 20.8 Å². The summed E-state index contributed by atoms with van der Waals surface area (Å²) in [4.78, 5) is 33.8. The molecule has 2 amide bonds. The molecule has 0 bridgehead atoms. The molecule has 0 saturated heterocycles. The summed E-state index contributed by atoms with van der Waals surface area (Å²) in [7, 11) is 1.26. The number of esters is 1. The van der Waals surface area contributed by atoms with Crippen LogP contribution in [0.5, 0.6) is 0 Å². The first-order valence-corrected chi connectivity index (χ1v) is 5.63. The van der Waals surface area contributed by atoms with Gasteiger partial charge in [0.05, 0.1) is 12.7 Å². The molecule has 0 atom stereocenters. The summed E-state index contributed by atoms with van der Waals surface area (Å²) >= 11 is 0. The van der Waals surface area contributed by atoms with Crippen molar-refractivity contribution in [1.82, 2.24) is 0 Å². The van der Waals surface area contributed by atoms with Gasteiger partial charge in [0.2, 0.25) is 11.8 Å². The van der Waals surface area contributed by atoms with E-state index in [4.69, 9.17) is 0 Å². The fourth-order valence-electron chi connectivity index (χ4n) is 1.59. The van der Waals surface area contributed by atoms with Crippen molar-refractivity contribution >= 4 is 29.2 Å². The van der Waals surface area contributed by atoms with E-state index in [1.165, 1.54) is 33.1 Å². The Hall–Kier alpha value is -2.37. The molecular formula is C13H16N2O4. The molecule has 19 heavy (non-hydrogen) atoms. The average Bonchev–Trinajstić information content (AvgIpc) is 2.31. The molecular weight excluding hydrogens is 248 g/mol. The number of nitrogens with one attached hydrogen (secondary N) is 2. The largest absolute Gasteiger partial charge is 0.465 e. The van der Waals surface area contributed by atoms with Gasteiger partial charge in [0.1, 0.15) is 0 Å². The van der Waals surface area contributed by atoms with Crippen molar-refractivity contribution < 1.29 is 19.1 Å². The molecule has 0 heterocycles. The van der Waals surface area contributed by atoms with E-state index < -0.39 is 5.97 Å². The summed E-state index contributed by atoms with van der Waals surface area (Å²) in [6.07, 6.45) is 0. The Kier molecular flexibility index (Phi) is 4.63. The highest BCUT2D eigenvalue weighted by atomic mass is 16.5. The van der Waals surface area contributed by atoms with E-state index in [1.807, 2.05) is 0 Å². The van der Waals surface area contributed by atoms with Crippen LogP contribution in [0.1, 0.15) is 29.8 Å². The topological polar surface area (TPSA) is 84.5 Å². The van der Waals surface area contributed by atoms with Crippen molar-refractivity contribution in [2.24, 2.45) is 0 Å². The van der Waals surface area contributed by atoms with Gasteiger partial charge in [-0.3, -0.25) is 9.59 Å². The van der Waals surface area contributed by atoms with E-state index in [1.54, 1.807) is 6.92 Å². The Labute approximate surface area is 111 Å². The maximum atomic E-state index is 11.6. The first kappa shape index (κ1) is 14.7. The average molecular weight is 264 g/mol. The van der Waals surface area contributed by atoms with Gasteiger partial charge in [-0.05, 0) is 24.6 Å². The van der Waals surface area contributed by atoms with Gasteiger partial charge in [0.25, 0.3) is 0 Å². The molecule has 1 aromatic carbocycles. The van der Waals surface area contributed by atoms with E-state index >= 15 is 0 Å². The second kappa shape index (κ2) is 5.99. The summed E-state index contributed by atoms with van der Waals surface area (Å²) in [6.45, 7) is 4.46. The maximum Gasteiger partial charge on any atom is 0.337 e. The first-order chi connectivity index (χ1) is 8.85. The van der Waals surface area contributed by atoms with E-state index in [0.717, 1.165) is 0 Å². The minimum Gasteiger partial charge on any atom is -0.465 e. The Morgan fingerprint density at radius 1 is 1.00 bits per heavy atom. The molecule has 1 aromatic rings. The minimum atomic E-state index is -0.543. The molecule has 1 rings (SSSR count). The van der Waals surface area contributed by atoms with Crippen molar-refractivity contribution in [3.8, 4) is 0 Å². The lowest BCUT2D eigenvalue weighted by Gasteiger charge is -2.14. The molecule has 6 nitrogen and oxygen atoms in total. The Morgan fingerprint density at radius 3 is 1.74 bits per heavy atom. The number of ether oxygens (including phenoxy) is 1. The van der Waals surface area contributed by atoms with Gasteiger partial charge in [0.15, 0.2) is 0 Å². The van der Waals surface area contributed by atoms with Crippen LogP contribution in [0.3, 0.4) is 0 Å². The van der Waals surface area contributed by atoms with Crippen LogP contribution in [0.15, 0.2) is 12.1 Å². The number of methoxy groups -OCH3 is 1. The fraction of sp³-hybridized carbons (Fsp3) is 0.308. The molecule has 0 saturated carbocycles. The molecule has 0 aliphatic rings. The predicted molar refractivity (Wildman–Crippen MR) is 71.1 cm³/mol. The lowest BCUT2D eigenvalue weighted by Crippen LogP contribution is -2.13. The van der Waals surface area contributed by atoms with Gasteiger partial charge in [-0.25, -0.2) is 4.79 Å². The zero-order valence-electron chi connectivity index (χ0n) is 11.3. The van der Waals surface area contributed by atoms with Crippen LogP contribution in [-0.2, 0) is 14.3 Å². The molecule has 0 radical (unpaired) electrons. The standard InChI is InChI=1S/C13H16N2O4/c1-7-11(14-8(2)16)5-10(13(18)19-4)6-12(7)15-9(3)17/h5-6H,1-4H3,(H,14,16)(H,15,17). The third kappa shape index (κ3) is 3.80. The first-order valence-electron chi connectivity index (χ1n) is 5.63. The summed E-state index contributed by atoms with van der Waals surface area (Å²) in [6, 6.07) is 3.02.